The molecule has 1 saturated heterocycles. The van der Waals surface area contributed by atoms with Crippen LogP contribution >= 0.6 is 0 Å². The molecule has 1 aromatic carbocycles. The first-order valence-electron chi connectivity index (χ1n) is 9.62. The van der Waals surface area contributed by atoms with Crippen LogP contribution in [0.1, 0.15) is 34.9 Å². The number of amides is 1. The van der Waals surface area contributed by atoms with E-state index in [0.717, 1.165) is 37.0 Å². The number of aryl methyl sites for hydroxylation is 1. The Labute approximate surface area is 166 Å². The Kier molecular flexibility index (Phi) is 4.17. The summed E-state index contributed by atoms with van der Waals surface area (Å²) in [6.07, 6.45) is 3.67. The second-order valence-corrected chi connectivity index (χ2v) is 7.33. The molecule has 0 unspecified atom stereocenters. The molecule has 1 fully saturated rings. The molecular weight excluding hydrogens is 370 g/mol. The SMILES string of the molecule is Cc1ccc2oc(NC(=O)c3nn([C@@H]4CCCNC4)c4ccnc(N)c34)nc2c1. The molecule has 9 heteroatoms. The maximum atomic E-state index is 13.0. The van der Waals surface area contributed by atoms with Gasteiger partial charge in [0.1, 0.15) is 11.3 Å². The van der Waals surface area contributed by atoms with E-state index >= 15 is 0 Å². The van der Waals surface area contributed by atoms with Crippen molar-refractivity contribution in [1.29, 1.82) is 0 Å². The molecule has 9 nitrogen and oxygen atoms in total. The Morgan fingerprint density at radius 1 is 1.38 bits per heavy atom. The molecular formula is C20H21N7O2. The van der Waals surface area contributed by atoms with Crippen LogP contribution in [0.3, 0.4) is 0 Å². The van der Waals surface area contributed by atoms with Gasteiger partial charge in [0.25, 0.3) is 5.91 Å². The number of nitrogens with two attached hydrogens (primary N) is 1. The summed E-state index contributed by atoms with van der Waals surface area (Å²) in [5, 5.41) is 11.2. The molecule has 1 atom stereocenters. The van der Waals surface area contributed by atoms with Gasteiger partial charge in [-0.15, -0.1) is 0 Å². The summed E-state index contributed by atoms with van der Waals surface area (Å²) < 4.78 is 7.52. The monoisotopic (exact) mass is 391 g/mol. The lowest BCUT2D eigenvalue weighted by Gasteiger charge is -2.23. The van der Waals surface area contributed by atoms with Gasteiger partial charge in [0.05, 0.1) is 16.9 Å². The third-order valence-electron chi connectivity index (χ3n) is 5.25. The molecule has 1 aliphatic heterocycles. The molecule has 4 aromatic rings. The summed E-state index contributed by atoms with van der Waals surface area (Å²) in [4.78, 5) is 21.5. The topological polar surface area (TPSA) is 124 Å². The van der Waals surface area contributed by atoms with Crippen LogP contribution < -0.4 is 16.4 Å². The number of hydrogen-bond acceptors (Lipinski definition) is 7. The summed E-state index contributed by atoms with van der Waals surface area (Å²) in [5.41, 5.74) is 9.48. The highest BCUT2D eigenvalue weighted by Gasteiger charge is 2.25. The normalized spacial score (nSPS) is 17.1. The van der Waals surface area contributed by atoms with Crippen LogP contribution in [0.4, 0.5) is 11.8 Å². The van der Waals surface area contributed by atoms with Crippen molar-refractivity contribution in [2.45, 2.75) is 25.8 Å². The van der Waals surface area contributed by atoms with Crippen molar-refractivity contribution in [1.82, 2.24) is 25.1 Å². The molecule has 0 aliphatic carbocycles. The van der Waals surface area contributed by atoms with Crippen molar-refractivity contribution in [2.24, 2.45) is 0 Å². The maximum absolute atomic E-state index is 13.0. The number of carbonyl (C=O) groups is 1. The van der Waals surface area contributed by atoms with Crippen molar-refractivity contribution >= 4 is 39.7 Å². The lowest BCUT2D eigenvalue weighted by atomic mass is 10.1. The second kappa shape index (κ2) is 6.85. The molecule has 3 aromatic heterocycles. The first kappa shape index (κ1) is 17.6. The van der Waals surface area contributed by atoms with Gasteiger partial charge < -0.3 is 15.5 Å². The molecule has 1 amide bonds. The van der Waals surface area contributed by atoms with Gasteiger partial charge in [-0.2, -0.15) is 10.1 Å². The fourth-order valence-corrected chi connectivity index (χ4v) is 3.84. The van der Waals surface area contributed by atoms with Crippen LogP contribution in [-0.2, 0) is 0 Å². The molecule has 4 heterocycles. The zero-order chi connectivity index (χ0) is 20.0. The van der Waals surface area contributed by atoms with Crippen LogP contribution in [0.15, 0.2) is 34.9 Å². The fourth-order valence-electron chi connectivity index (χ4n) is 3.84. The van der Waals surface area contributed by atoms with Gasteiger partial charge in [-0.1, -0.05) is 6.07 Å². The molecule has 148 valence electrons. The van der Waals surface area contributed by atoms with Gasteiger partial charge in [-0.05, 0) is 50.1 Å². The summed E-state index contributed by atoms with van der Waals surface area (Å²) in [6, 6.07) is 7.78. The number of oxazole rings is 1. The molecule has 1 aliphatic rings. The predicted octanol–water partition coefficient (Wildman–Crippen LogP) is 2.64. The highest BCUT2D eigenvalue weighted by atomic mass is 16.4. The third kappa shape index (κ3) is 3.09. The smallest absolute Gasteiger partial charge is 0.302 e. The number of aromatic nitrogens is 4. The predicted molar refractivity (Wildman–Crippen MR) is 110 cm³/mol. The first-order valence-corrected chi connectivity index (χ1v) is 9.62. The highest BCUT2D eigenvalue weighted by Crippen LogP contribution is 2.29. The number of anilines is 2. The Balaban J connectivity index is 1.53. The number of nitrogens with one attached hydrogen (secondary N) is 2. The third-order valence-corrected chi connectivity index (χ3v) is 5.25. The van der Waals surface area contributed by atoms with Crippen molar-refractivity contribution in [3.05, 3.63) is 41.7 Å². The number of nitrogens with zero attached hydrogens (tertiary/aromatic N) is 4. The molecule has 0 radical (unpaired) electrons. The van der Waals surface area contributed by atoms with E-state index in [0.29, 0.717) is 16.5 Å². The zero-order valence-electron chi connectivity index (χ0n) is 16.0. The highest BCUT2D eigenvalue weighted by molar-refractivity contribution is 6.13. The quantitative estimate of drug-likeness (QED) is 0.490. The van der Waals surface area contributed by atoms with Gasteiger partial charge in [0.15, 0.2) is 11.3 Å². The van der Waals surface area contributed by atoms with Gasteiger partial charge in [-0.25, -0.2) is 4.98 Å². The lowest BCUT2D eigenvalue weighted by molar-refractivity contribution is 0.101. The number of carbonyl (C=O) groups excluding carboxylic acids is 1. The minimum absolute atomic E-state index is 0.125. The number of rotatable bonds is 3. The van der Waals surface area contributed by atoms with Gasteiger partial charge in [0.2, 0.25) is 0 Å². The van der Waals surface area contributed by atoms with E-state index in [1.54, 1.807) is 6.20 Å². The molecule has 0 spiro atoms. The Bertz CT molecular complexity index is 1220. The fraction of sp³-hybridized carbons (Fsp3) is 0.300. The number of piperidine rings is 1. The largest absolute Gasteiger partial charge is 0.423 e. The van der Waals surface area contributed by atoms with Crippen LogP contribution in [0, 0.1) is 6.92 Å². The van der Waals surface area contributed by atoms with Crippen LogP contribution in [-0.4, -0.2) is 38.7 Å². The Hall–Kier alpha value is -3.46. The maximum Gasteiger partial charge on any atom is 0.302 e. The van der Waals surface area contributed by atoms with Crippen molar-refractivity contribution in [2.75, 3.05) is 24.1 Å². The summed E-state index contributed by atoms with van der Waals surface area (Å²) in [5.74, 6) is -0.156. The lowest BCUT2D eigenvalue weighted by Crippen LogP contribution is -2.32. The van der Waals surface area contributed by atoms with Crippen molar-refractivity contribution in [3.8, 4) is 0 Å². The molecule has 5 rings (SSSR count). The average molecular weight is 391 g/mol. The molecule has 29 heavy (non-hydrogen) atoms. The number of benzene rings is 1. The second-order valence-electron chi connectivity index (χ2n) is 7.33. The Morgan fingerprint density at radius 3 is 3.10 bits per heavy atom. The number of fused-ring (bicyclic) bond motifs is 2. The first-order chi connectivity index (χ1) is 14.1. The molecule has 0 saturated carbocycles. The van der Waals surface area contributed by atoms with E-state index in [9.17, 15) is 4.79 Å². The number of hydrogen-bond donors (Lipinski definition) is 3. The number of nitrogen functional groups attached to an aromatic ring is 1. The van der Waals surface area contributed by atoms with Gasteiger partial charge in [0, 0.05) is 12.7 Å². The van der Waals surface area contributed by atoms with Crippen molar-refractivity contribution in [3.63, 3.8) is 0 Å². The minimum atomic E-state index is -0.430. The summed E-state index contributed by atoms with van der Waals surface area (Å²) in [7, 11) is 0. The molecule has 0 bridgehead atoms. The average Bonchev–Trinajstić information content (AvgIpc) is 3.30. The van der Waals surface area contributed by atoms with Crippen LogP contribution in [0.5, 0.6) is 0 Å². The zero-order valence-corrected chi connectivity index (χ0v) is 16.0. The number of pyridine rings is 1. The van der Waals surface area contributed by atoms with E-state index in [2.05, 4.69) is 25.7 Å². The summed E-state index contributed by atoms with van der Waals surface area (Å²) in [6.45, 7) is 3.76. The van der Waals surface area contributed by atoms with E-state index in [1.165, 1.54) is 0 Å². The molecule has 4 N–H and O–H groups in total. The van der Waals surface area contributed by atoms with Crippen LogP contribution in [0.2, 0.25) is 0 Å². The van der Waals surface area contributed by atoms with E-state index in [4.69, 9.17) is 10.2 Å². The van der Waals surface area contributed by atoms with Crippen molar-refractivity contribution < 1.29 is 9.21 Å². The van der Waals surface area contributed by atoms with Crippen LogP contribution in [0.25, 0.3) is 22.0 Å². The Morgan fingerprint density at radius 2 is 2.28 bits per heavy atom. The van der Waals surface area contributed by atoms with Gasteiger partial charge in [-0.3, -0.25) is 14.8 Å². The van der Waals surface area contributed by atoms with E-state index < -0.39 is 5.91 Å². The minimum Gasteiger partial charge on any atom is -0.423 e. The van der Waals surface area contributed by atoms with E-state index in [1.807, 2.05) is 35.9 Å². The van der Waals surface area contributed by atoms with Gasteiger partial charge >= 0.3 is 6.01 Å². The summed E-state index contributed by atoms with van der Waals surface area (Å²) >= 11 is 0. The van der Waals surface area contributed by atoms with E-state index in [-0.39, 0.29) is 23.6 Å². The standard InChI is InChI=1S/C20H21N7O2/c1-11-4-5-15-13(9-11)24-20(29-15)25-19(28)17-16-14(6-8-23-18(16)21)27(26-17)12-3-2-7-22-10-12/h4-6,8-9,12,22H,2-3,7,10H2,1H3,(H2,21,23)(H,24,25,28)/t12-/m1/s1.